The Morgan fingerprint density at radius 2 is 1.87 bits per heavy atom. The molecule has 0 heterocycles. The molecule has 1 atom stereocenters. The summed E-state index contributed by atoms with van der Waals surface area (Å²) >= 11 is 0. The third-order valence-electron chi connectivity index (χ3n) is 2.50. The highest BCUT2D eigenvalue weighted by Crippen LogP contribution is 2.31. The monoisotopic (exact) mass is 203 g/mol. The number of fused-ring (bicyclic) bond motifs is 1. The minimum atomic E-state index is -0.823. The van der Waals surface area contributed by atoms with E-state index in [2.05, 4.69) is 0 Å². The van der Waals surface area contributed by atoms with Crippen LogP contribution >= 0.6 is 0 Å². The van der Waals surface area contributed by atoms with Gasteiger partial charge in [-0.25, -0.2) is 0 Å². The summed E-state index contributed by atoms with van der Waals surface area (Å²) in [6, 6.07) is 11.0. The molecule has 2 aromatic rings. The maximum absolute atomic E-state index is 9.72. The van der Waals surface area contributed by atoms with Gasteiger partial charge in [-0.05, 0) is 16.8 Å². The Labute approximate surface area is 87.8 Å². The standard InChI is InChI=1S/C12H13NO2/c13-7-11(15)12-9-4-2-1-3-8(9)5-6-10(12)14/h1-6,11,14-15H,7,13H2/t11-/m1/s1. The molecule has 0 unspecified atom stereocenters. The second-order valence-corrected chi connectivity index (χ2v) is 3.47. The lowest BCUT2D eigenvalue weighted by atomic mass is 9.99. The molecule has 0 saturated carbocycles. The Balaban J connectivity index is 2.74. The highest BCUT2D eigenvalue weighted by molar-refractivity contribution is 5.88. The Morgan fingerprint density at radius 1 is 1.13 bits per heavy atom. The second-order valence-electron chi connectivity index (χ2n) is 3.47. The number of aromatic hydroxyl groups is 1. The molecule has 0 aliphatic heterocycles. The fourth-order valence-electron chi connectivity index (χ4n) is 1.75. The van der Waals surface area contributed by atoms with Gasteiger partial charge in [0.2, 0.25) is 0 Å². The smallest absolute Gasteiger partial charge is 0.122 e. The van der Waals surface area contributed by atoms with Crippen molar-refractivity contribution in [3.8, 4) is 5.75 Å². The topological polar surface area (TPSA) is 66.5 Å². The van der Waals surface area contributed by atoms with Crippen LogP contribution in [0.1, 0.15) is 11.7 Å². The van der Waals surface area contributed by atoms with E-state index in [9.17, 15) is 10.2 Å². The van der Waals surface area contributed by atoms with Gasteiger partial charge in [0.05, 0.1) is 6.10 Å². The molecule has 4 N–H and O–H groups in total. The van der Waals surface area contributed by atoms with Gasteiger partial charge >= 0.3 is 0 Å². The molecule has 0 fully saturated rings. The molecular formula is C12H13NO2. The van der Waals surface area contributed by atoms with E-state index in [0.29, 0.717) is 5.56 Å². The van der Waals surface area contributed by atoms with Crippen molar-refractivity contribution in [3.63, 3.8) is 0 Å². The summed E-state index contributed by atoms with van der Waals surface area (Å²) in [5.74, 6) is 0.0895. The lowest BCUT2D eigenvalue weighted by Gasteiger charge is -2.13. The van der Waals surface area contributed by atoms with Gasteiger partial charge in [0, 0.05) is 12.1 Å². The fraction of sp³-hybridized carbons (Fsp3) is 0.167. The minimum Gasteiger partial charge on any atom is -0.508 e. The predicted molar refractivity (Wildman–Crippen MR) is 59.6 cm³/mol. The molecule has 15 heavy (non-hydrogen) atoms. The van der Waals surface area contributed by atoms with Crippen LogP contribution in [-0.4, -0.2) is 16.8 Å². The van der Waals surface area contributed by atoms with Gasteiger partial charge in [-0.2, -0.15) is 0 Å². The number of rotatable bonds is 2. The van der Waals surface area contributed by atoms with Crippen molar-refractivity contribution in [2.75, 3.05) is 6.54 Å². The van der Waals surface area contributed by atoms with Crippen LogP contribution in [0.2, 0.25) is 0 Å². The van der Waals surface area contributed by atoms with Crippen LogP contribution in [-0.2, 0) is 0 Å². The van der Waals surface area contributed by atoms with E-state index < -0.39 is 6.10 Å². The number of benzene rings is 2. The van der Waals surface area contributed by atoms with Crippen molar-refractivity contribution in [2.45, 2.75) is 6.10 Å². The molecule has 3 heteroatoms. The van der Waals surface area contributed by atoms with Gasteiger partial charge in [0.1, 0.15) is 5.75 Å². The SMILES string of the molecule is NC[C@@H](O)c1c(O)ccc2ccccc12. The van der Waals surface area contributed by atoms with Gasteiger partial charge in [-0.1, -0.05) is 30.3 Å². The Morgan fingerprint density at radius 3 is 2.60 bits per heavy atom. The normalized spacial score (nSPS) is 12.9. The quantitative estimate of drug-likeness (QED) is 0.693. The maximum Gasteiger partial charge on any atom is 0.122 e. The number of hydrogen-bond acceptors (Lipinski definition) is 3. The van der Waals surface area contributed by atoms with Gasteiger partial charge in [-0.15, -0.1) is 0 Å². The van der Waals surface area contributed by atoms with Crippen LogP contribution in [0, 0.1) is 0 Å². The van der Waals surface area contributed by atoms with Crippen molar-refractivity contribution in [2.24, 2.45) is 5.73 Å². The van der Waals surface area contributed by atoms with Crippen molar-refractivity contribution in [1.29, 1.82) is 0 Å². The van der Waals surface area contributed by atoms with Crippen molar-refractivity contribution in [1.82, 2.24) is 0 Å². The summed E-state index contributed by atoms with van der Waals surface area (Å²) in [6.45, 7) is 0.0988. The van der Waals surface area contributed by atoms with Crippen LogP contribution in [0.4, 0.5) is 0 Å². The molecular weight excluding hydrogens is 190 g/mol. The van der Waals surface area contributed by atoms with Crippen LogP contribution in [0.5, 0.6) is 5.75 Å². The van der Waals surface area contributed by atoms with Crippen LogP contribution in [0.3, 0.4) is 0 Å². The third-order valence-corrected chi connectivity index (χ3v) is 2.50. The molecule has 78 valence electrons. The summed E-state index contributed by atoms with van der Waals surface area (Å²) < 4.78 is 0. The molecule has 0 amide bonds. The molecule has 0 aliphatic carbocycles. The summed E-state index contributed by atoms with van der Waals surface area (Å²) in [7, 11) is 0. The molecule has 0 bridgehead atoms. The van der Waals surface area contributed by atoms with Gasteiger partial charge in [0.25, 0.3) is 0 Å². The molecule has 2 aromatic carbocycles. The molecule has 2 rings (SSSR count). The number of phenolic OH excluding ortho intramolecular Hbond substituents is 1. The highest BCUT2D eigenvalue weighted by atomic mass is 16.3. The zero-order chi connectivity index (χ0) is 10.8. The Hall–Kier alpha value is -1.58. The first-order valence-electron chi connectivity index (χ1n) is 4.83. The zero-order valence-corrected chi connectivity index (χ0v) is 8.22. The first kappa shape index (κ1) is 9.96. The largest absolute Gasteiger partial charge is 0.508 e. The average Bonchev–Trinajstić information content (AvgIpc) is 2.28. The van der Waals surface area contributed by atoms with Crippen molar-refractivity contribution >= 4 is 10.8 Å². The first-order valence-corrected chi connectivity index (χ1v) is 4.83. The summed E-state index contributed by atoms with van der Waals surface area (Å²) in [4.78, 5) is 0. The zero-order valence-electron chi connectivity index (χ0n) is 8.22. The fourth-order valence-corrected chi connectivity index (χ4v) is 1.75. The van der Waals surface area contributed by atoms with Gasteiger partial charge in [0.15, 0.2) is 0 Å². The number of phenols is 1. The van der Waals surface area contributed by atoms with E-state index in [-0.39, 0.29) is 12.3 Å². The van der Waals surface area contributed by atoms with Crippen molar-refractivity contribution in [3.05, 3.63) is 42.0 Å². The van der Waals surface area contributed by atoms with Crippen LogP contribution < -0.4 is 5.73 Å². The molecule has 0 aromatic heterocycles. The van der Waals surface area contributed by atoms with E-state index >= 15 is 0 Å². The first-order chi connectivity index (χ1) is 7.24. The summed E-state index contributed by atoms with van der Waals surface area (Å²) in [5, 5.41) is 21.2. The Bertz CT molecular complexity index is 482. The molecule has 3 nitrogen and oxygen atoms in total. The number of nitrogens with two attached hydrogens (primary N) is 1. The third kappa shape index (κ3) is 1.67. The summed E-state index contributed by atoms with van der Waals surface area (Å²) in [5.41, 5.74) is 5.91. The highest BCUT2D eigenvalue weighted by Gasteiger charge is 2.13. The summed E-state index contributed by atoms with van der Waals surface area (Å²) in [6.07, 6.45) is -0.823. The van der Waals surface area contributed by atoms with E-state index in [0.717, 1.165) is 10.8 Å². The number of aliphatic hydroxyl groups excluding tert-OH is 1. The number of hydrogen-bond donors (Lipinski definition) is 3. The van der Waals surface area contributed by atoms with E-state index in [1.165, 1.54) is 0 Å². The van der Waals surface area contributed by atoms with E-state index in [1.807, 2.05) is 30.3 Å². The number of aliphatic hydroxyl groups is 1. The molecule has 0 spiro atoms. The molecule has 0 saturated heterocycles. The predicted octanol–water partition coefficient (Wildman–Crippen LogP) is 1.54. The lowest BCUT2D eigenvalue weighted by Crippen LogP contribution is -2.12. The minimum absolute atomic E-state index is 0.0895. The van der Waals surface area contributed by atoms with Crippen molar-refractivity contribution < 1.29 is 10.2 Å². The van der Waals surface area contributed by atoms with Crippen LogP contribution in [0.25, 0.3) is 10.8 Å². The van der Waals surface area contributed by atoms with E-state index in [1.54, 1.807) is 6.07 Å². The average molecular weight is 203 g/mol. The van der Waals surface area contributed by atoms with Gasteiger partial charge < -0.3 is 15.9 Å². The Kier molecular flexibility index (Phi) is 2.58. The van der Waals surface area contributed by atoms with Gasteiger partial charge in [-0.3, -0.25) is 0 Å². The van der Waals surface area contributed by atoms with E-state index in [4.69, 9.17) is 5.73 Å². The maximum atomic E-state index is 9.72. The second kappa shape index (κ2) is 3.88. The van der Waals surface area contributed by atoms with Crippen LogP contribution in [0.15, 0.2) is 36.4 Å². The lowest BCUT2D eigenvalue weighted by molar-refractivity contribution is 0.184. The molecule has 0 radical (unpaired) electrons. The molecule has 0 aliphatic rings.